The van der Waals surface area contributed by atoms with Crippen LogP contribution < -0.4 is 11.1 Å². The average Bonchev–Trinajstić information content (AvgIpc) is 2.19. The molecule has 0 spiro atoms. The van der Waals surface area contributed by atoms with E-state index < -0.39 is 21.8 Å². The molecule has 0 rings (SSSR count). The number of sulfone groups is 1. The van der Waals surface area contributed by atoms with Gasteiger partial charge in [-0.1, -0.05) is 6.92 Å². The molecule has 0 aromatic rings. The topological polar surface area (TPSA) is 92.5 Å². The number of amides is 1. The van der Waals surface area contributed by atoms with Gasteiger partial charge in [0.25, 0.3) is 0 Å². The molecule has 0 aromatic heterocycles. The number of carbonyl (C=O) groups is 1. The lowest BCUT2D eigenvalue weighted by Gasteiger charge is -2.22. The minimum absolute atomic E-state index is 0.0861. The van der Waals surface area contributed by atoms with Gasteiger partial charge < -0.3 is 16.0 Å². The second-order valence-electron chi connectivity index (χ2n) is 4.30. The lowest BCUT2D eigenvalue weighted by Crippen LogP contribution is -2.49. The summed E-state index contributed by atoms with van der Waals surface area (Å²) in [5.74, 6) is -0.326. The van der Waals surface area contributed by atoms with Crippen molar-refractivity contribution in [3.05, 3.63) is 0 Å². The quantitative estimate of drug-likeness (QED) is 0.547. The minimum Gasteiger partial charge on any atom is -0.368 e. The van der Waals surface area contributed by atoms with Gasteiger partial charge in [0.05, 0.1) is 11.8 Å². The number of nitrogens with two attached hydrogens (primary N) is 1. The van der Waals surface area contributed by atoms with Crippen LogP contribution in [0.5, 0.6) is 0 Å². The van der Waals surface area contributed by atoms with Crippen LogP contribution in [0, 0.1) is 0 Å². The Hall–Kier alpha value is -0.660. The molecule has 102 valence electrons. The minimum atomic E-state index is -2.97. The molecule has 0 fully saturated rings. The molecule has 6 nitrogen and oxygen atoms in total. The van der Waals surface area contributed by atoms with Crippen LogP contribution in [0.1, 0.15) is 13.3 Å². The number of nitrogens with zero attached hydrogens (tertiary/aromatic N) is 1. The first kappa shape index (κ1) is 16.3. The Morgan fingerprint density at radius 2 is 2.06 bits per heavy atom. The highest BCUT2D eigenvalue weighted by Crippen LogP contribution is 1.92. The van der Waals surface area contributed by atoms with Gasteiger partial charge in [0.1, 0.15) is 9.84 Å². The van der Waals surface area contributed by atoms with Gasteiger partial charge >= 0.3 is 0 Å². The molecule has 3 N–H and O–H groups in total. The maximum absolute atomic E-state index is 11.2. The first-order chi connectivity index (χ1) is 7.76. The maximum atomic E-state index is 11.2. The zero-order valence-electron chi connectivity index (χ0n) is 10.8. The van der Waals surface area contributed by atoms with Crippen molar-refractivity contribution in [2.24, 2.45) is 5.73 Å². The smallest absolute Gasteiger partial charge is 0.235 e. The van der Waals surface area contributed by atoms with E-state index in [9.17, 15) is 13.2 Å². The van der Waals surface area contributed by atoms with Gasteiger partial charge in [0.2, 0.25) is 5.91 Å². The summed E-state index contributed by atoms with van der Waals surface area (Å²) in [5.41, 5.74) is 5.26. The van der Waals surface area contributed by atoms with Crippen LogP contribution in [0.3, 0.4) is 0 Å². The fourth-order valence-electron chi connectivity index (χ4n) is 1.30. The number of rotatable bonds is 9. The molecule has 0 saturated carbocycles. The summed E-state index contributed by atoms with van der Waals surface area (Å²) >= 11 is 0. The third-order valence-corrected chi connectivity index (χ3v) is 3.25. The predicted octanol–water partition coefficient (Wildman–Crippen LogP) is -1.18. The standard InChI is InChI=1S/C10H23N3O3S/c1-4-5-12-9(10(11)14)8-13(2)6-7-17(3,15)16/h9,12H,4-8H2,1-3H3,(H2,11,14). The molecule has 0 bridgehead atoms. The number of primary amides is 1. The van der Waals surface area contributed by atoms with E-state index in [2.05, 4.69) is 5.32 Å². The van der Waals surface area contributed by atoms with Gasteiger partial charge in [-0.15, -0.1) is 0 Å². The van der Waals surface area contributed by atoms with Crippen molar-refractivity contribution in [1.82, 2.24) is 10.2 Å². The first-order valence-electron chi connectivity index (χ1n) is 5.65. The van der Waals surface area contributed by atoms with Gasteiger partial charge in [-0.2, -0.15) is 0 Å². The van der Waals surface area contributed by atoms with Gasteiger partial charge in [0, 0.05) is 19.3 Å². The van der Waals surface area contributed by atoms with Crippen LogP contribution >= 0.6 is 0 Å². The molecule has 0 radical (unpaired) electrons. The lowest BCUT2D eigenvalue weighted by atomic mass is 10.2. The average molecular weight is 265 g/mol. The molecule has 1 amide bonds. The van der Waals surface area contributed by atoms with E-state index in [1.54, 1.807) is 11.9 Å². The van der Waals surface area contributed by atoms with Crippen molar-refractivity contribution in [3.63, 3.8) is 0 Å². The second-order valence-corrected chi connectivity index (χ2v) is 6.56. The SMILES string of the molecule is CCCNC(CN(C)CCS(C)(=O)=O)C(N)=O. The lowest BCUT2D eigenvalue weighted by molar-refractivity contribution is -0.120. The number of likely N-dealkylation sites (N-methyl/N-ethyl adjacent to an activating group) is 1. The van der Waals surface area contributed by atoms with E-state index in [1.165, 1.54) is 6.26 Å². The Labute approximate surface area is 103 Å². The van der Waals surface area contributed by atoms with Crippen molar-refractivity contribution in [1.29, 1.82) is 0 Å². The molecule has 0 aliphatic heterocycles. The number of carbonyl (C=O) groups excluding carboxylic acids is 1. The van der Waals surface area contributed by atoms with Crippen LogP contribution in [0.2, 0.25) is 0 Å². The Morgan fingerprint density at radius 1 is 1.47 bits per heavy atom. The molecule has 1 atom stereocenters. The highest BCUT2D eigenvalue weighted by atomic mass is 32.2. The van der Waals surface area contributed by atoms with Crippen molar-refractivity contribution >= 4 is 15.7 Å². The Balaban J connectivity index is 4.12. The maximum Gasteiger partial charge on any atom is 0.235 e. The van der Waals surface area contributed by atoms with E-state index in [0.717, 1.165) is 6.42 Å². The Bertz CT molecular complexity index is 330. The summed E-state index contributed by atoms with van der Waals surface area (Å²) in [7, 11) is -1.20. The largest absolute Gasteiger partial charge is 0.368 e. The number of hydrogen-bond acceptors (Lipinski definition) is 5. The van der Waals surface area contributed by atoms with Crippen LogP contribution in [0.15, 0.2) is 0 Å². The number of hydrogen-bond donors (Lipinski definition) is 2. The second kappa shape index (κ2) is 7.62. The molecule has 0 aliphatic rings. The molecular formula is C10H23N3O3S. The van der Waals surface area contributed by atoms with Crippen LogP contribution in [-0.2, 0) is 14.6 Å². The van der Waals surface area contributed by atoms with E-state index in [-0.39, 0.29) is 5.75 Å². The first-order valence-corrected chi connectivity index (χ1v) is 7.71. The summed E-state index contributed by atoms with van der Waals surface area (Å²) in [6.07, 6.45) is 2.11. The van der Waals surface area contributed by atoms with Gasteiger partial charge in [-0.25, -0.2) is 8.42 Å². The highest BCUT2D eigenvalue weighted by molar-refractivity contribution is 7.90. The molecule has 0 aromatic carbocycles. The van der Waals surface area contributed by atoms with E-state index in [4.69, 9.17) is 5.73 Å². The Morgan fingerprint density at radius 3 is 2.47 bits per heavy atom. The third-order valence-electron chi connectivity index (χ3n) is 2.32. The molecular weight excluding hydrogens is 242 g/mol. The van der Waals surface area contributed by atoms with Crippen molar-refractivity contribution in [2.45, 2.75) is 19.4 Å². The monoisotopic (exact) mass is 265 g/mol. The summed E-state index contributed by atoms with van der Waals surface area (Å²) in [6, 6.07) is -0.431. The molecule has 0 heterocycles. The summed E-state index contributed by atoms with van der Waals surface area (Å²) in [5, 5.41) is 3.03. The predicted molar refractivity (Wildman–Crippen MR) is 68.5 cm³/mol. The van der Waals surface area contributed by atoms with Crippen LogP contribution in [0.4, 0.5) is 0 Å². The van der Waals surface area contributed by atoms with Gasteiger partial charge in [0.15, 0.2) is 0 Å². The van der Waals surface area contributed by atoms with Crippen molar-refractivity contribution in [2.75, 3.05) is 38.7 Å². The summed E-state index contributed by atoms with van der Waals surface area (Å²) in [6.45, 7) is 3.53. The number of nitrogens with one attached hydrogen (secondary N) is 1. The fourth-order valence-corrected chi connectivity index (χ4v) is 1.94. The van der Waals surface area contributed by atoms with Gasteiger partial charge in [-0.3, -0.25) is 4.79 Å². The molecule has 1 unspecified atom stereocenters. The molecule has 17 heavy (non-hydrogen) atoms. The Kier molecular flexibility index (Phi) is 7.33. The van der Waals surface area contributed by atoms with Crippen LogP contribution in [0.25, 0.3) is 0 Å². The molecule has 0 aliphatic carbocycles. The van der Waals surface area contributed by atoms with Gasteiger partial charge in [-0.05, 0) is 20.0 Å². The molecule has 0 saturated heterocycles. The van der Waals surface area contributed by atoms with E-state index in [0.29, 0.717) is 19.6 Å². The van der Waals surface area contributed by atoms with E-state index >= 15 is 0 Å². The zero-order chi connectivity index (χ0) is 13.5. The fraction of sp³-hybridized carbons (Fsp3) is 0.900. The zero-order valence-corrected chi connectivity index (χ0v) is 11.6. The van der Waals surface area contributed by atoms with Crippen LogP contribution in [-0.4, -0.2) is 64.0 Å². The van der Waals surface area contributed by atoms with Crippen molar-refractivity contribution in [3.8, 4) is 0 Å². The summed E-state index contributed by atoms with van der Waals surface area (Å²) < 4.78 is 22.0. The van der Waals surface area contributed by atoms with Crippen molar-refractivity contribution < 1.29 is 13.2 Å². The summed E-state index contributed by atoms with van der Waals surface area (Å²) in [4.78, 5) is 12.9. The van der Waals surface area contributed by atoms with E-state index in [1.807, 2.05) is 6.92 Å². The highest BCUT2D eigenvalue weighted by Gasteiger charge is 2.17. The normalized spacial score (nSPS) is 13.9. The third kappa shape index (κ3) is 9.08. The molecule has 7 heteroatoms.